The van der Waals surface area contributed by atoms with E-state index < -0.39 is 0 Å². The van der Waals surface area contributed by atoms with Crippen LogP contribution in [0.15, 0.2) is 29.1 Å². The maximum Gasteiger partial charge on any atom is 0.272 e. The van der Waals surface area contributed by atoms with Crippen molar-refractivity contribution in [2.75, 3.05) is 11.9 Å². The molecule has 5 heteroatoms. The molecule has 0 fully saturated rings. The highest BCUT2D eigenvalue weighted by Gasteiger charge is 2.29. The van der Waals surface area contributed by atoms with Gasteiger partial charge in [-0.2, -0.15) is 0 Å². The molecule has 88 valence electrons. The first-order valence-electron chi connectivity index (χ1n) is 5.45. The lowest BCUT2D eigenvalue weighted by molar-refractivity contribution is 0.725. The molecule has 0 spiro atoms. The Morgan fingerprint density at radius 2 is 2.06 bits per heavy atom. The Balaban J connectivity index is 2.09. The van der Waals surface area contributed by atoms with Crippen molar-refractivity contribution in [1.29, 1.82) is 0 Å². The van der Waals surface area contributed by atoms with Gasteiger partial charge in [0.15, 0.2) is 0 Å². The van der Waals surface area contributed by atoms with E-state index in [1.54, 1.807) is 7.05 Å². The number of hydrogen-bond donors (Lipinski definition) is 2. The van der Waals surface area contributed by atoms with Gasteiger partial charge < -0.3 is 5.32 Å². The molecule has 0 saturated carbocycles. The second kappa shape index (κ2) is 3.67. The zero-order chi connectivity index (χ0) is 12.0. The summed E-state index contributed by atoms with van der Waals surface area (Å²) in [5.74, 6) is 0.935. The van der Waals surface area contributed by atoms with Crippen LogP contribution in [0.4, 0.5) is 5.82 Å². The van der Waals surface area contributed by atoms with Crippen LogP contribution in [0, 0.1) is 0 Å². The van der Waals surface area contributed by atoms with Crippen LogP contribution >= 0.6 is 11.6 Å². The van der Waals surface area contributed by atoms with E-state index >= 15 is 0 Å². The smallest absolute Gasteiger partial charge is 0.272 e. The van der Waals surface area contributed by atoms with E-state index in [2.05, 4.69) is 10.4 Å². The molecule has 0 radical (unpaired) electrons. The molecule has 0 amide bonds. The highest BCUT2D eigenvalue weighted by atomic mass is 35.5. The van der Waals surface area contributed by atoms with Gasteiger partial charge in [-0.05, 0) is 17.7 Å². The average molecular weight is 250 g/mol. The Bertz CT molecular complexity index is 612. The monoisotopic (exact) mass is 249 g/mol. The lowest BCUT2D eigenvalue weighted by Crippen LogP contribution is -2.19. The number of aromatic nitrogens is 2. The number of H-pyrrole nitrogens is 1. The molecule has 3 rings (SSSR count). The van der Waals surface area contributed by atoms with E-state index in [9.17, 15) is 4.79 Å². The molecule has 0 saturated heterocycles. The Labute approximate surface area is 103 Å². The van der Waals surface area contributed by atoms with Crippen molar-refractivity contribution in [2.24, 2.45) is 7.05 Å². The van der Waals surface area contributed by atoms with Gasteiger partial charge in [-0.3, -0.25) is 14.6 Å². The van der Waals surface area contributed by atoms with Crippen LogP contribution in [0.2, 0.25) is 5.02 Å². The van der Waals surface area contributed by atoms with Gasteiger partial charge in [-0.15, -0.1) is 0 Å². The van der Waals surface area contributed by atoms with Gasteiger partial charge in [0.1, 0.15) is 5.82 Å². The second-order valence-corrected chi connectivity index (χ2v) is 4.69. The average Bonchev–Trinajstić information content (AvgIpc) is 2.83. The summed E-state index contributed by atoms with van der Waals surface area (Å²) in [6, 6.07) is 7.64. The predicted octanol–water partition coefficient (Wildman–Crippen LogP) is 1.92. The third-order valence-corrected chi connectivity index (χ3v) is 3.44. The van der Waals surface area contributed by atoms with Gasteiger partial charge >= 0.3 is 0 Å². The molecule has 1 aromatic carbocycles. The molecular formula is C12H12ClN3O. The van der Waals surface area contributed by atoms with Gasteiger partial charge in [-0.1, -0.05) is 23.7 Å². The summed E-state index contributed by atoms with van der Waals surface area (Å²) in [5, 5.41) is 6.93. The van der Waals surface area contributed by atoms with Crippen LogP contribution in [0.5, 0.6) is 0 Å². The van der Waals surface area contributed by atoms with E-state index in [4.69, 9.17) is 11.6 Å². The molecule has 0 unspecified atom stereocenters. The van der Waals surface area contributed by atoms with Crippen molar-refractivity contribution in [3.05, 3.63) is 50.8 Å². The van der Waals surface area contributed by atoms with E-state index in [-0.39, 0.29) is 11.5 Å². The standard InChI is InChI=1S/C12H12ClN3O/c1-16-12(17)10-9(6-14-11(10)15-16)7-2-4-8(13)5-3-7/h2-5,9,14-15H,6H2,1H3/t9-/m1/s1. The number of halogens is 1. The van der Waals surface area contributed by atoms with Crippen molar-refractivity contribution < 1.29 is 0 Å². The normalized spacial score (nSPS) is 17.9. The van der Waals surface area contributed by atoms with Gasteiger partial charge in [0.05, 0.1) is 5.56 Å². The third kappa shape index (κ3) is 1.56. The number of nitrogens with one attached hydrogen (secondary N) is 2. The molecule has 4 nitrogen and oxygen atoms in total. The second-order valence-electron chi connectivity index (χ2n) is 4.25. The van der Waals surface area contributed by atoms with Gasteiger partial charge in [0.25, 0.3) is 5.56 Å². The number of anilines is 1. The molecule has 0 bridgehead atoms. The van der Waals surface area contributed by atoms with Crippen LogP contribution in [0.3, 0.4) is 0 Å². The summed E-state index contributed by atoms with van der Waals surface area (Å²) in [6.07, 6.45) is 0. The van der Waals surface area contributed by atoms with Crippen LogP contribution in [-0.2, 0) is 7.05 Å². The first kappa shape index (κ1) is 10.5. The van der Waals surface area contributed by atoms with Crippen molar-refractivity contribution >= 4 is 17.4 Å². The fourth-order valence-electron chi connectivity index (χ4n) is 2.31. The Kier molecular flexibility index (Phi) is 2.26. The summed E-state index contributed by atoms with van der Waals surface area (Å²) in [4.78, 5) is 12.0. The summed E-state index contributed by atoms with van der Waals surface area (Å²) in [5.41, 5.74) is 1.96. The van der Waals surface area contributed by atoms with E-state index in [0.29, 0.717) is 5.02 Å². The fourth-order valence-corrected chi connectivity index (χ4v) is 2.44. The van der Waals surface area contributed by atoms with Crippen molar-refractivity contribution in [3.8, 4) is 0 Å². The number of benzene rings is 1. The molecule has 2 aromatic rings. The first-order valence-corrected chi connectivity index (χ1v) is 5.83. The minimum absolute atomic E-state index is 0.0324. The SMILES string of the molecule is Cn1[nH]c2c(c1=O)[C@@H](c1ccc(Cl)cc1)CN2. The van der Waals surface area contributed by atoms with E-state index in [1.165, 1.54) is 4.68 Å². The van der Waals surface area contributed by atoms with Gasteiger partial charge in [0, 0.05) is 24.5 Å². The molecule has 0 aliphatic carbocycles. The largest absolute Gasteiger partial charge is 0.369 e. The van der Waals surface area contributed by atoms with E-state index in [0.717, 1.165) is 23.5 Å². The zero-order valence-electron chi connectivity index (χ0n) is 9.33. The minimum atomic E-state index is 0.0324. The fraction of sp³-hybridized carbons (Fsp3) is 0.250. The number of hydrogen-bond acceptors (Lipinski definition) is 2. The van der Waals surface area contributed by atoms with E-state index in [1.807, 2.05) is 24.3 Å². The summed E-state index contributed by atoms with van der Waals surface area (Å²) in [6.45, 7) is 0.749. The highest BCUT2D eigenvalue weighted by molar-refractivity contribution is 6.30. The molecule has 2 heterocycles. The van der Waals surface area contributed by atoms with Crippen LogP contribution in [0.25, 0.3) is 0 Å². The predicted molar refractivity (Wildman–Crippen MR) is 67.8 cm³/mol. The maximum atomic E-state index is 12.0. The molecule has 1 atom stereocenters. The number of aryl methyl sites for hydroxylation is 1. The topological polar surface area (TPSA) is 49.8 Å². The molecule has 17 heavy (non-hydrogen) atoms. The summed E-state index contributed by atoms with van der Waals surface area (Å²) >= 11 is 5.87. The Morgan fingerprint density at radius 1 is 1.35 bits per heavy atom. The first-order chi connectivity index (χ1) is 8.16. The Morgan fingerprint density at radius 3 is 2.76 bits per heavy atom. The molecule has 1 aliphatic rings. The lowest BCUT2D eigenvalue weighted by Gasteiger charge is -2.08. The number of fused-ring (bicyclic) bond motifs is 1. The van der Waals surface area contributed by atoms with Gasteiger partial charge in [-0.25, -0.2) is 0 Å². The minimum Gasteiger partial charge on any atom is -0.369 e. The third-order valence-electron chi connectivity index (χ3n) is 3.19. The van der Waals surface area contributed by atoms with Crippen LogP contribution < -0.4 is 10.9 Å². The number of rotatable bonds is 1. The quantitative estimate of drug-likeness (QED) is 0.811. The lowest BCUT2D eigenvalue weighted by atomic mass is 9.95. The summed E-state index contributed by atoms with van der Waals surface area (Å²) in [7, 11) is 1.72. The molecule has 2 N–H and O–H groups in total. The maximum absolute atomic E-state index is 12.0. The van der Waals surface area contributed by atoms with Gasteiger partial charge in [0.2, 0.25) is 0 Å². The van der Waals surface area contributed by atoms with Crippen molar-refractivity contribution in [2.45, 2.75) is 5.92 Å². The molecule has 1 aliphatic heterocycles. The number of aromatic amines is 1. The van der Waals surface area contributed by atoms with Crippen LogP contribution in [0.1, 0.15) is 17.0 Å². The van der Waals surface area contributed by atoms with Crippen LogP contribution in [-0.4, -0.2) is 16.3 Å². The highest BCUT2D eigenvalue weighted by Crippen LogP contribution is 2.32. The number of nitrogens with zero attached hydrogens (tertiary/aromatic N) is 1. The van der Waals surface area contributed by atoms with Crippen molar-refractivity contribution in [3.63, 3.8) is 0 Å². The Hall–Kier alpha value is -1.68. The molecule has 1 aromatic heterocycles. The van der Waals surface area contributed by atoms with Crippen molar-refractivity contribution in [1.82, 2.24) is 9.78 Å². The molecular weight excluding hydrogens is 238 g/mol. The summed E-state index contributed by atoms with van der Waals surface area (Å²) < 4.78 is 1.50. The zero-order valence-corrected chi connectivity index (χ0v) is 10.1.